The van der Waals surface area contributed by atoms with Crippen molar-refractivity contribution in [1.82, 2.24) is 0 Å². The van der Waals surface area contributed by atoms with Gasteiger partial charge in [0.2, 0.25) is 0 Å². The van der Waals surface area contributed by atoms with Gasteiger partial charge in [-0.15, -0.1) is 0 Å². The molecule has 10 rings (SSSR count). The van der Waals surface area contributed by atoms with E-state index in [0.717, 1.165) is 51.1 Å². The Hall–Kier alpha value is -5.66. The van der Waals surface area contributed by atoms with Gasteiger partial charge in [-0.3, -0.25) is 0 Å². The van der Waals surface area contributed by atoms with Crippen LogP contribution in [-0.4, -0.2) is 0 Å². The van der Waals surface area contributed by atoms with Crippen molar-refractivity contribution in [3.8, 4) is 33.4 Å². The van der Waals surface area contributed by atoms with Gasteiger partial charge in [-0.05, 0) is 131 Å². The van der Waals surface area contributed by atoms with Gasteiger partial charge in [0.25, 0.3) is 0 Å². The number of hydrogen-bond donors (Lipinski definition) is 0. The van der Waals surface area contributed by atoms with Crippen LogP contribution < -0.4 is 0 Å². The van der Waals surface area contributed by atoms with Crippen LogP contribution in [0.1, 0.15) is 62.6 Å². The summed E-state index contributed by atoms with van der Waals surface area (Å²) in [5.41, 5.74) is 6.79. The third-order valence-corrected chi connectivity index (χ3v) is 11.4. The molecular formula is C50H40O. The lowest BCUT2D eigenvalue weighted by atomic mass is 9.62. The van der Waals surface area contributed by atoms with Crippen LogP contribution in [0.3, 0.4) is 0 Å². The number of rotatable bonds is 3. The van der Waals surface area contributed by atoms with E-state index in [1.165, 1.54) is 5.56 Å². The SMILES string of the molecule is [2H]c1c([2H])c([2H])c2c(-c3cc4c(cc3-c3cccc5ccccc35)C(C)(C)CCC4(C)C)c3c([2H])c([2H])c([2H])c([2H])c3c(-c3ccc4oc5ccccc5c4c3)c2c1[2H]. The molecule has 0 saturated carbocycles. The lowest BCUT2D eigenvalue weighted by Gasteiger charge is -2.42. The van der Waals surface area contributed by atoms with Crippen LogP contribution in [-0.2, 0) is 10.8 Å². The minimum Gasteiger partial charge on any atom is -0.456 e. The predicted molar refractivity (Wildman–Crippen MR) is 218 cm³/mol. The first kappa shape index (κ1) is 22.9. The zero-order valence-electron chi connectivity index (χ0n) is 37.1. The summed E-state index contributed by atoms with van der Waals surface area (Å²) in [5.74, 6) is 0. The highest BCUT2D eigenvalue weighted by molar-refractivity contribution is 6.23. The fourth-order valence-electron chi connectivity index (χ4n) is 8.57. The van der Waals surface area contributed by atoms with Crippen molar-refractivity contribution in [2.45, 2.75) is 51.4 Å². The quantitative estimate of drug-likeness (QED) is 0.171. The Morgan fingerprint density at radius 1 is 0.471 bits per heavy atom. The normalized spacial score (nSPS) is 17.4. The average Bonchev–Trinajstić information content (AvgIpc) is 3.61. The summed E-state index contributed by atoms with van der Waals surface area (Å²) in [7, 11) is 0. The van der Waals surface area contributed by atoms with Gasteiger partial charge in [0.1, 0.15) is 11.2 Å². The van der Waals surface area contributed by atoms with Gasteiger partial charge in [-0.1, -0.05) is 143 Å². The molecule has 0 spiro atoms. The molecule has 1 aliphatic rings. The lowest BCUT2D eigenvalue weighted by molar-refractivity contribution is 0.332. The smallest absolute Gasteiger partial charge is 0.135 e. The van der Waals surface area contributed by atoms with Crippen molar-refractivity contribution in [3.05, 3.63) is 157 Å². The molecular weight excluding hydrogens is 617 g/mol. The largest absolute Gasteiger partial charge is 0.456 e. The molecule has 0 unspecified atom stereocenters. The summed E-state index contributed by atoms with van der Waals surface area (Å²) in [6.45, 7) is 8.99. The molecule has 0 aliphatic heterocycles. The molecule has 1 aliphatic carbocycles. The standard InChI is InChI=1S/C50H40O/c1-49(2)26-27-50(3,4)44-30-42(40(29-43(44)49)34-22-13-15-31-14-5-6-16-33(31)34)48-38-20-9-7-18-36(38)47(37-19-8-10-21-39(37)48)32-24-25-46-41(28-32)35-17-11-12-23-45(35)51-46/h5-25,28-30H,26-27H2,1-4H3/i7D,8D,9D,10D,18D,19D,20D,21D. The van der Waals surface area contributed by atoms with Crippen molar-refractivity contribution in [2.75, 3.05) is 0 Å². The van der Waals surface area contributed by atoms with E-state index < -0.39 is 24.2 Å². The number of furan rings is 1. The van der Waals surface area contributed by atoms with Crippen molar-refractivity contribution in [3.63, 3.8) is 0 Å². The molecule has 246 valence electrons. The van der Waals surface area contributed by atoms with Gasteiger partial charge in [-0.2, -0.15) is 0 Å². The molecule has 0 fully saturated rings. The van der Waals surface area contributed by atoms with Crippen LogP contribution in [0.5, 0.6) is 0 Å². The predicted octanol–water partition coefficient (Wildman–Crippen LogP) is 14.4. The second kappa shape index (κ2) is 10.9. The monoisotopic (exact) mass is 664 g/mol. The second-order valence-corrected chi connectivity index (χ2v) is 15.3. The van der Waals surface area contributed by atoms with Crippen molar-refractivity contribution >= 4 is 54.3 Å². The average molecular weight is 665 g/mol. The van der Waals surface area contributed by atoms with E-state index in [-0.39, 0.29) is 56.5 Å². The highest BCUT2D eigenvalue weighted by atomic mass is 16.3. The molecule has 51 heavy (non-hydrogen) atoms. The Kier molecular flexibility index (Phi) is 4.91. The Morgan fingerprint density at radius 3 is 1.71 bits per heavy atom. The van der Waals surface area contributed by atoms with Crippen molar-refractivity contribution < 1.29 is 15.4 Å². The van der Waals surface area contributed by atoms with Gasteiger partial charge >= 0.3 is 0 Å². The lowest BCUT2D eigenvalue weighted by Crippen LogP contribution is -2.34. The third kappa shape index (κ3) is 4.54. The molecule has 0 radical (unpaired) electrons. The Morgan fingerprint density at radius 2 is 1.02 bits per heavy atom. The first-order chi connectivity index (χ1) is 28.1. The summed E-state index contributed by atoms with van der Waals surface area (Å²) in [6, 6.07) is 29.1. The van der Waals surface area contributed by atoms with Gasteiger partial charge < -0.3 is 4.42 Å². The Labute approximate surface area is 310 Å². The molecule has 1 heteroatoms. The van der Waals surface area contributed by atoms with Crippen LogP contribution in [0, 0.1) is 0 Å². The van der Waals surface area contributed by atoms with Gasteiger partial charge in [0.05, 0.1) is 11.0 Å². The molecule has 8 aromatic carbocycles. The molecule has 0 saturated heterocycles. The topological polar surface area (TPSA) is 13.1 Å². The van der Waals surface area contributed by atoms with E-state index in [0.29, 0.717) is 33.4 Å². The second-order valence-electron chi connectivity index (χ2n) is 15.3. The number of benzene rings is 8. The highest BCUT2D eigenvalue weighted by Crippen LogP contribution is 2.53. The molecule has 0 N–H and O–H groups in total. The first-order valence-electron chi connectivity index (χ1n) is 21.7. The summed E-state index contributed by atoms with van der Waals surface area (Å²) in [6.07, 6.45) is 1.89. The molecule has 1 aromatic heterocycles. The summed E-state index contributed by atoms with van der Waals surface area (Å²) < 4.78 is 81.1. The maximum Gasteiger partial charge on any atom is 0.135 e. The zero-order chi connectivity index (χ0) is 41.4. The molecule has 9 aromatic rings. The number of para-hydroxylation sites is 1. The van der Waals surface area contributed by atoms with Crippen LogP contribution in [0.25, 0.3) is 87.6 Å². The van der Waals surface area contributed by atoms with Crippen LogP contribution >= 0.6 is 0 Å². The fraction of sp³-hybridized carbons (Fsp3) is 0.160. The molecule has 1 nitrogen and oxygen atoms in total. The molecule has 0 amide bonds. The zero-order valence-corrected chi connectivity index (χ0v) is 29.1. The van der Waals surface area contributed by atoms with Crippen LogP contribution in [0.4, 0.5) is 0 Å². The van der Waals surface area contributed by atoms with Gasteiger partial charge in [-0.25, -0.2) is 0 Å². The maximum absolute atomic E-state index is 9.72. The Bertz CT molecular complexity index is 3230. The van der Waals surface area contributed by atoms with Crippen molar-refractivity contribution in [1.29, 1.82) is 0 Å². The Balaban J connectivity index is 1.48. The number of fused-ring (bicyclic) bond motifs is 7. The third-order valence-electron chi connectivity index (χ3n) is 11.4. The summed E-state index contributed by atoms with van der Waals surface area (Å²) in [4.78, 5) is 0. The molecule has 0 bridgehead atoms. The maximum atomic E-state index is 9.72. The van der Waals surface area contributed by atoms with E-state index in [2.05, 4.69) is 64.1 Å². The highest BCUT2D eigenvalue weighted by Gasteiger charge is 2.38. The minimum atomic E-state index is -0.424. The summed E-state index contributed by atoms with van der Waals surface area (Å²) in [5, 5.41) is 4.46. The number of hydrogen-bond acceptors (Lipinski definition) is 1. The fourth-order valence-corrected chi connectivity index (χ4v) is 8.57. The first-order valence-corrected chi connectivity index (χ1v) is 17.7. The van der Waals surface area contributed by atoms with E-state index >= 15 is 0 Å². The minimum absolute atomic E-state index is 0.181. The van der Waals surface area contributed by atoms with Crippen LogP contribution in [0.15, 0.2) is 150 Å². The van der Waals surface area contributed by atoms with Gasteiger partial charge in [0.15, 0.2) is 0 Å². The van der Waals surface area contributed by atoms with E-state index in [1.54, 1.807) is 0 Å². The molecule has 0 atom stereocenters. The van der Waals surface area contributed by atoms with Crippen LogP contribution in [0.2, 0.25) is 0 Å². The van der Waals surface area contributed by atoms with Crippen molar-refractivity contribution in [2.24, 2.45) is 0 Å². The summed E-state index contributed by atoms with van der Waals surface area (Å²) >= 11 is 0. The van der Waals surface area contributed by atoms with E-state index in [9.17, 15) is 5.48 Å². The van der Waals surface area contributed by atoms with E-state index in [4.69, 9.17) is 9.90 Å². The molecule has 1 heterocycles. The van der Waals surface area contributed by atoms with E-state index in [1.807, 2.05) is 60.7 Å². The van der Waals surface area contributed by atoms with Gasteiger partial charge in [0, 0.05) is 10.8 Å².